The molecule has 0 unspecified atom stereocenters. The molecule has 1 aromatic carbocycles. The van der Waals surface area contributed by atoms with Gasteiger partial charge in [-0.05, 0) is 36.8 Å². The lowest BCUT2D eigenvalue weighted by molar-refractivity contribution is -0.134. The third-order valence-corrected chi connectivity index (χ3v) is 4.92. The summed E-state index contributed by atoms with van der Waals surface area (Å²) in [5.74, 6) is -0.140. The van der Waals surface area contributed by atoms with Gasteiger partial charge in [0.05, 0.1) is 5.69 Å². The second kappa shape index (κ2) is 5.17. The number of phenols is 1. The predicted molar refractivity (Wildman–Crippen MR) is 80.1 cm³/mol. The molecule has 1 saturated heterocycles. The first kappa shape index (κ1) is 14.1. The zero-order valence-electron chi connectivity index (χ0n) is 12.4. The number of nitrogens with zero attached hydrogens (tertiary/aromatic N) is 1. The van der Waals surface area contributed by atoms with Crippen molar-refractivity contribution < 1.29 is 14.7 Å². The zero-order valence-corrected chi connectivity index (χ0v) is 12.4. The van der Waals surface area contributed by atoms with E-state index in [0.29, 0.717) is 18.5 Å². The quantitative estimate of drug-likeness (QED) is 0.806. The van der Waals surface area contributed by atoms with Crippen LogP contribution in [-0.2, 0) is 9.59 Å². The number of rotatable bonds is 1. The molecule has 3 rings (SSSR count). The molecule has 0 atom stereocenters. The lowest BCUT2D eigenvalue weighted by atomic mass is 9.67. The highest BCUT2D eigenvalue weighted by Crippen LogP contribution is 2.46. The number of benzene rings is 1. The van der Waals surface area contributed by atoms with Gasteiger partial charge in [0, 0.05) is 18.9 Å². The van der Waals surface area contributed by atoms with Crippen LogP contribution in [0.15, 0.2) is 18.2 Å². The smallest absolute Gasteiger partial charge is 0.234 e. The van der Waals surface area contributed by atoms with Gasteiger partial charge < -0.3 is 5.11 Å². The molecule has 2 fully saturated rings. The van der Waals surface area contributed by atoms with Crippen molar-refractivity contribution in [3.05, 3.63) is 23.8 Å². The summed E-state index contributed by atoms with van der Waals surface area (Å²) >= 11 is 0. The van der Waals surface area contributed by atoms with Crippen molar-refractivity contribution >= 4 is 17.5 Å². The summed E-state index contributed by atoms with van der Waals surface area (Å²) in [6.07, 6.45) is 6.31. The van der Waals surface area contributed by atoms with Gasteiger partial charge in [0.1, 0.15) is 5.75 Å². The molecule has 2 aliphatic rings. The number of phenolic OH excluding ortho intramolecular Hbond substituents is 1. The SMILES string of the molecule is Cc1ccc(N2C(=O)CC3(CCCCC3)CC2=O)cc1O. The summed E-state index contributed by atoms with van der Waals surface area (Å²) in [7, 11) is 0. The molecule has 0 bridgehead atoms. The van der Waals surface area contributed by atoms with Gasteiger partial charge in [-0.25, -0.2) is 0 Å². The molecule has 1 spiro atoms. The number of piperidine rings is 1. The van der Waals surface area contributed by atoms with Gasteiger partial charge in [-0.2, -0.15) is 0 Å². The number of imide groups is 1. The van der Waals surface area contributed by atoms with Crippen molar-refractivity contribution in [3.8, 4) is 5.75 Å². The van der Waals surface area contributed by atoms with Crippen LogP contribution in [-0.4, -0.2) is 16.9 Å². The number of hydrogen-bond donors (Lipinski definition) is 1. The molecule has 2 amide bonds. The van der Waals surface area contributed by atoms with E-state index in [-0.39, 0.29) is 23.0 Å². The Morgan fingerprint density at radius 3 is 2.24 bits per heavy atom. The number of carbonyl (C=O) groups excluding carboxylic acids is 2. The summed E-state index contributed by atoms with van der Waals surface area (Å²) in [5, 5.41) is 9.80. The summed E-state index contributed by atoms with van der Waals surface area (Å²) in [6.45, 7) is 1.79. The molecule has 1 heterocycles. The van der Waals surface area contributed by atoms with E-state index < -0.39 is 0 Å². The Balaban J connectivity index is 1.86. The minimum absolute atomic E-state index is 0.102. The van der Waals surface area contributed by atoms with E-state index in [9.17, 15) is 14.7 Å². The van der Waals surface area contributed by atoms with Gasteiger partial charge in [0.25, 0.3) is 0 Å². The van der Waals surface area contributed by atoms with Crippen LogP contribution in [0.25, 0.3) is 0 Å². The first-order valence-corrected chi connectivity index (χ1v) is 7.66. The van der Waals surface area contributed by atoms with Crippen LogP contribution in [0.2, 0.25) is 0 Å². The van der Waals surface area contributed by atoms with Crippen molar-refractivity contribution in [2.75, 3.05) is 4.90 Å². The number of carbonyl (C=O) groups is 2. The highest BCUT2D eigenvalue weighted by atomic mass is 16.3. The molecule has 1 saturated carbocycles. The lowest BCUT2D eigenvalue weighted by Gasteiger charge is -2.42. The van der Waals surface area contributed by atoms with E-state index in [1.165, 1.54) is 17.4 Å². The zero-order chi connectivity index (χ0) is 15.0. The molecule has 0 aromatic heterocycles. The number of hydrogen-bond acceptors (Lipinski definition) is 3. The highest BCUT2D eigenvalue weighted by molar-refractivity contribution is 6.17. The standard InChI is InChI=1S/C17H21NO3/c1-12-5-6-13(9-14(12)19)18-15(20)10-17(11-16(18)21)7-3-2-4-8-17/h5-6,9,19H,2-4,7-8,10-11H2,1H3. The van der Waals surface area contributed by atoms with Crippen LogP contribution in [0.5, 0.6) is 5.75 Å². The van der Waals surface area contributed by atoms with Crippen molar-refractivity contribution in [1.29, 1.82) is 0 Å². The van der Waals surface area contributed by atoms with Crippen LogP contribution >= 0.6 is 0 Å². The molecule has 1 N–H and O–H groups in total. The number of aryl methyl sites for hydroxylation is 1. The molecule has 4 heteroatoms. The first-order valence-electron chi connectivity index (χ1n) is 7.66. The third kappa shape index (κ3) is 2.55. The average Bonchev–Trinajstić information content (AvgIpc) is 2.42. The Hall–Kier alpha value is -1.84. The van der Waals surface area contributed by atoms with Gasteiger partial charge in [0.15, 0.2) is 0 Å². The van der Waals surface area contributed by atoms with Crippen molar-refractivity contribution in [1.82, 2.24) is 0 Å². The molecule has 1 aliphatic carbocycles. The largest absolute Gasteiger partial charge is 0.508 e. The predicted octanol–water partition coefficient (Wildman–Crippen LogP) is 3.30. The Labute approximate surface area is 124 Å². The van der Waals surface area contributed by atoms with E-state index in [0.717, 1.165) is 31.2 Å². The summed E-state index contributed by atoms with van der Waals surface area (Å²) < 4.78 is 0. The fourth-order valence-electron chi connectivity index (χ4n) is 3.68. The topological polar surface area (TPSA) is 57.6 Å². The van der Waals surface area contributed by atoms with Crippen LogP contribution in [0, 0.1) is 12.3 Å². The van der Waals surface area contributed by atoms with Gasteiger partial charge in [0.2, 0.25) is 11.8 Å². The minimum Gasteiger partial charge on any atom is -0.508 e. The van der Waals surface area contributed by atoms with Crippen molar-refractivity contribution in [2.45, 2.75) is 51.9 Å². The number of amides is 2. The fourth-order valence-corrected chi connectivity index (χ4v) is 3.68. The molecule has 1 aromatic rings. The lowest BCUT2D eigenvalue weighted by Crippen LogP contribution is -2.48. The molecule has 0 radical (unpaired) electrons. The van der Waals surface area contributed by atoms with Gasteiger partial charge in [-0.1, -0.05) is 25.3 Å². The van der Waals surface area contributed by atoms with E-state index in [1.54, 1.807) is 19.1 Å². The Kier molecular flexibility index (Phi) is 3.47. The van der Waals surface area contributed by atoms with Gasteiger partial charge in [-0.15, -0.1) is 0 Å². The van der Waals surface area contributed by atoms with E-state index in [4.69, 9.17) is 0 Å². The second-order valence-electron chi connectivity index (χ2n) is 6.51. The summed E-state index contributed by atoms with van der Waals surface area (Å²) in [4.78, 5) is 26.2. The van der Waals surface area contributed by atoms with Crippen LogP contribution in [0.3, 0.4) is 0 Å². The van der Waals surface area contributed by atoms with Gasteiger partial charge in [-0.3, -0.25) is 14.5 Å². The monoisotopic (exact) mass is 287 g/mol. The Morgan fingerprint density at radius 2 is 1.67 bits per heavy atom. The molecule has 21 heavy (non-hydrogen) atoms. The average molecular weight is 287 g/mol. The summed E-state index contributed by atoms with van der Waals surface area (Å²) in [5.41, 5.74) is 1.12. The van der Waals surface area contributed by atoms with Crippen LogP contribution in [0.4, 0.5) is 5.69 Å². The highest BCUT2D eigenvalue weighted by Gasteiger charge is 2.44. The molecular formula is C17H21NO3. The van der Waals surface area contributed by atoms with Crippen molar-refractivity contribution in [3.63, 3.8) is 0 Å². The van der Waals surface area contributed by atoms with Crippen LogP contribution in [0.1, 0.15) is 50.5 Å². The summed E-state index contributed by atoms with van der Waals surface area (Å²) in [6, 6.07) is 4.96. The maximum absolute atomic E-state index is 12.5. The maximum Gasteiger partial charge on any atom is 0.234 e. The second-order valence-corrected chi connectivity index (χ2v) is 6.51. The van der Waals surface area contributed by atoms with E-state index >= 15 is 0 Å². The Morgan fingerprint density at radius 1 is 1.05 bits per heavy atom. The number of aromatic hydroxyl groups is 1. The molecule has 4 nitrogen and oxygen atoms in total. The van der Waals surface area contributed by atoms with Gasteiger partial charge >= 0.3 is 0 Å². The van der Waals surface area contributed by atoms with E-state index in [2.05, 4.69) is 0 Å². The van der Waals surface area contributed by atoms with Crippen molar-refractivity contribution in [2.24, 2.45) is 5.41 Å². The van der Waals surface area contributed by atoms with Crippen LogP contribution < -0.4 is 4.90 Å². The number of anilines is 1. The molecular weight excluding hydrogens is 266 g/mol. The fraction of sp³-hybridized carbons (Fsp3) is 0.529. The van der Waals surface area contributed by atoms with E-state index in [1.807, 2.05) is 0 Å². The minimum atomic E-state index is -0.128. The molecule has 112 valence electrons. The maximum atomic E-state index is 12.5. The Bertz CT molecular complexity index is 568. The molecule has 1 aliphatic heterocycles. The first-order chi connectivity index (χ1) is 10.0. The third-order valence-electron chi connectivity index (χ3n) is 4.92. The normalized spacial score (nSPS) is 21.9.